The van der Waals surface area contributed by atoms with E-state index in [1.165, 1.54) is 0 Å². The van der Waals surface area contributed by atoms with Gasteiger partial charge in [-0.15, -0.1) is 5.10 Å². The van der Waals surface area contributed by atoms with E-state index < -0.39 is 0 Å². The number of aryl methyl sites for hydroxylation is 2. The molecular formula is C20H23N5O3. The van der Waals surface area contributed by atoms with Gasteiger partial charge in [0.15, 0.2) is 0 Å². The summed E-state index contributed by atoms with van der Waals surface area (Å²) in [6.07, 6.45) is 1.75. The monoisotopic (exact) mass is 381 g/mol. The molecule has 1 atom stereocenters. The summed E-state index contributed by atoms with van der Waals surface area (Å²) in [6.45, 7) is 4.46. The minimum absolute atomic E-state index is 0.111. The average molecular weight is 381 g/mol. The van der Waals surface area contributed by atoms with Gasteiger partial charge in [-0.05, 0) is 51.0 Å². The third kappa shape index (κ3) is 3.04. The van der Waals surface area contributed by atoms with Gasteiger partial charge in [0.2, 0.25) is 5.82 Å². The standard InChI is InChI=1S/C20H23N5O3/c1-12-10-13(2)25-20(21-12)22-18(23-25)19(26)24-9-5-6-16(24)15-11-14(27-3)7-8-17(15)28-4/h7-8,10-11,16H,5-6,9H2,1-4H3/t16-/m0/s1. The molecule has 8 nitrogen and oxygen atoms in total. The SMILES string of the molecule is COc1ccc(OC)c([C@@H]2CCCN2C(=O)c2nc3nc(C)cc(C)n3n2)c1. The van der Waals surface area contributed by atoms with Crippen molar-refractivity contribution >= 4 is 11.7 Å². The molecule has 0 spiro atoms. The third-order valence-electron chi connectivity index (χ3n) is 5.12. The zero-order valence-electron chi connectivity index (χ0n) is 16.5. The van der Waals surface area contributed by atoms with Crippen LogP contribution in [-0.2, 0) is 0 Å². The van der Waals surface area contributed by atoms with Crippen LogP contribution < -0.4 is 9.47 Å². The van der Waals surface area contributed by atoms with E-state index in [-0.39, 0.29) is 17.8 Å². The van der Waals surface area contributed by atoms with Crippen LogP contribution >= 0.6 is 0 Å². The molecule has 4 rings (SSSR count). The molecule has 146 valence electrons. The number of carbonyl (C=O) groups excluding carboxylic acids is 1. The Hall–Kier alpha value is -3.16. The molecule has 1 aliphatic rings. The second-order valence-electron chi connectivity index (χ2n) is 6.95. The topological polar surface area (TPSA) is 81.9 Å². The van der Waals surface area contributed by atoms with Crippen molar-refractivity contribution in [1.82, 2.24) is 24.5 Å². The Bertz CT molecular complexity index is 1050. The van der Waals surface area contributed by atoms with E-state index in [1.54, 1.807) is 18.7 Å². The van der Waals surface area contributed by atoms with Crippen molar-refractivity contribution in [3.63, 3.8) is 0 Å². The molecule has 0 radical (unpaired) electrons. The highest BCUT2D eigenvalue weighted by Crippen LogP contribution is 2.39. The summed E-state index contributed by atoms with van der Waals surface area (Å²) >= 11 is 0. The van der Waals surface area contributed by atoms with E-state index in [0.29, 0.717) is 12.3 Å². The number of likely N-dealkylation sites (tertiary alicyclic amines) is 1. The number of hydrogen-bond donors (Lipinski definition) is 0. The van der Waals surface area contributed by atoms with Gasteiger partial charge in [0.05, 0.1) is 20.3 Å². The average Bonchev–Trinajstić information content (AvgIpc) is 3.34. The fourth-order valence-corrected chi connectivity index (χ4v) is 3.82. The molecule has 0 unspecified atom stereocenters. The molecule has 2 aromatic heterocycles. The molecule has 28 heavy (non-hydrogen) atoms. The van der Waals surface area contributed by atoms with Gasteiger partial charge in [-0.3, -0.25) is 4.79 Å². The number of benzene rings is 1. The van der Waals surface area contributed by atoms with Gasteiger partial charge in [0.25, 0.3) is 11.7 Å². The molecule has 1 aromatic carbocycles. The normalized spacial score (nSPS) is 16.6. The number of fused-ring (bicyclic) bond motifs is 1. The Morgan fingerprint density at radius 2 is 1.96 bits per heavy atom. The van der Waals surface area contributed by atoms with Gasteiger partial charge in [0, 0.05) is 23.5 Å². The third-order valence-corrected chi connectivity index (χ3v) is 5.12. The number of amides is 1. The van der Waals surface area contributed by atoms with Gasteiger partial charge in [-0.25, -0.2) is 9.50 Å². The predicted octanol–water partition coefficient (Wildman–Crippen LogP) is 2.74. The van der Waals surface area contributed by atoms with Crippen LogP contribution in [-0.4, -0.2) is 51.2 Å². The lowest BCUT2D eigenvalue weighted by Gasteiger charge is -2.25. The first-order valence-electron chi connectivity index (χ1n) is 9.25. The van der Waals surface area contributed by atoms with Gasteiger partial charge in [0.1, 0.15) is 11.5 Å². The lowest BCUT2D eigenvalue weighted by molar-refractivity contribution is 0.0722. The van der Waals surface area contributed by atoms with Crippen LogP contribution in [0.4, 0.5) is 0 Å². The second-order valence-corrected chi connectivity index (χ2v) is 6.95. The zero-order valence-corrected chi connectivity index (χ0v) is 16.5. The Balaban J connectivity index is 1.71. The first-order chi connectivity index (χ1) is 13.5. The molecule has 1 fully saturated rings. The van der Waals surface area contributed by atoms with E-state index in [9.17, 15) is 4.79 Å². The number of hydrogen-bond acceptors (Lipinski definition) is 6. The van der Waals surface area contributed by atoms with Crippen molar-refractivity contribution in [2.75, 3.05) is 20.8 Å². The number of nitrogens with zero attached hydrogens (tertiary/aromatic N) is 5. The molecule has 1 aliphatic heterocycles. The Kier molecular flexibility index (Phi) is 4.62. The summed E-state index contributed by atoms with van der Waals surface area (Å²) in [7, 11) is 3.26. The first-order valence-corrected chi connectivity index (χ1v) is 9.25. The minimum Gasteiger partial charge on any atom is -0.497 e. The molecule has 0 aliphatic carbocycles. The molecular weight excluding hydrogens is 358 g/mol. The minimum atomic E-state index is -0.199. The molecule has 0 bridgehead atoms. The number of aromatic nitrogens is 4. The van der Waals surface area contributed by atoms with E-state index in [4.69, 9.17) is 9.47 Å². The van der Waals surface area contributed by atoms with Crippen molar-refractivity contribution in [2.24, 2.45) is 0 Å². The van der Waals surface area contributed by atoms with Crippen LogP contribution in [0.2, 0.25) is 0 Å². The number of carbonyl (C=O) groups is 1. The smallest absolute Gasteiger partial charge is 0.294 e. The van der Waals surface area contributed by atoms with E-state index >= 15 is 0 Å². The lowest BCUT2D eigenvalue weighted by Crippen LogP contribution is -2.31. The quantitative estimate of drug-likeness (QED) is 0.691. The summed E-state index contributed by atoms with van der Waals surface area (Å²) in [5, 5.41) is 4.40. The number of ether oxygens (including phenoxy) is 2. The van der Waals surface area contributed by atoms with Gasteiger partial charge < -0.3 is 14.4 Å². The van der Waals surface area contributed by atoms with Crippen molar-refractivity contribution in [3.8, 4) is 11.5 Å². The highest BCUT2D eigenvalue weighted by Gasteiger charge is 2.34. The number of rotatable bonds is 4. The van der Waals surface area contributed by atoms with Crippen LogP contribution in [0.1, 0.15) is 46.5 Å². The van der Waals surface area contributed by atoms with Crippen LogP contribution in [0.3, 0.4) is 0 Å². The predicted molar refractivity (Wildman–Crippen MR) is 103 cm³/mol. The zero-order chi connectivity index (χ0) is 19.8. The molecule has 3 heterocycles. The lowest BCUT2D eigenvalue weighted by atomic mass is 10.0. The molecule has 0 N–H and O–H groups in total. The van der Waals surface area contributed by atoms with Gasteiger partial charge >= 0.3 is 0 Å². The van der Waals surface area contributed by atoms with E-state index in [2.05, 4.69) is 15.1 Å². The van der Waals surface area contributed by atoms with Crippen molar-refractivity contribution in [3.05, 3.63) is 47.0 Å². The van der Waals surface area contributed by atoms with E-state index in [0.717, 1.165) is 41.3 Å². The largest absolute Gasteiger partial charge is 0.497 e. The van der Waals surface area contributed by atoms with Crippen LogP contribution in [0.15, 0.2) is 24.3 Å². The maximum atomic E-state index is 13.2. The summed E-state index contributed by atoms with van der Waals surface area (Å²) in [6, 6.07) is 7.45. The Morgan fingerprint density at radius 3 is 2.71 bits per heavy atom. The summed E-state index contributed by atoms with van der Waals surface area (Å²) in [4.78, 5) is 23.8. The van der Waals surface area contributed by atoms with Gasteiger partial charge in [-0.2, -0.15) is 4.98 Å². The van der Waals surface area contributed by atoms with Crippen LogP contribution in [0.25, 0.3) is 5.78 Å². The molecule has 0 saturated carbocycles. The summed E-state index contributed by atoms with van der Waals surface area (Å²) in [5.74, 6) is 1.87. The molecule has 3 aromatic rings. The first kappa shape index (κ1) is 18.2. The van der Waals surface area contributed by atoms with Crippen LogP contribution in [0, 0.1) is 13.8 Å². The molecule has 8 heteroatoms. The second kappa shape index (κ2) is 7.10. The van der Waals surface area contributed by atoms with Crippen molar-refractivity contribution < 1.29 is 14.3 Å². The highest BCUT2D eigenvalue weighted by atomic mass is 16.5. The molecule has 1 saturated heterocycles. The maximum absolute atomic E-state index is 13.2. The summed E-state index contributed by atoms with van der Waals surface area (Å²) < 4.78 is 12.5. The Labute approximate surface area is 163 Å². The van der Waals surface area contributed by atoms with Crippen molar-refractivity contribution in [1.29, 1.82) is 0 Å². The Morgan fingerprint density at radius 1 is 1.14 bits per heavy atom. The highest BCUT2D eigenvalue weighted by molar-refractivity contribution is 5.91. The van der Waals surface area contributed by atoms with Gasteiger partial charge in [-0.1, -0.05) is 0 Å². The van der Waals surface area contributed by atoms with Crippen LogP contribution in [0.5, 0.6) is 11.5 Å². The van der Waals surface area contributed by atoms with E-state index in [1.807, 2.05) is 43.0 Å². The molecule has 1 amide bonds. The maximum Gasteiger partial charge on any atom is 0.294 e. The summed E-state index contributed by atoms with van der Waals surface area (Å²) in [5.41, 5.74) is 2.67. The van der Waals surface area contributed by atoms with Crippen molar-refractivity contribution in [2.45, 2.75) is 32.7 Å². The fourth-order valence-electron chi connectivity index (χ4n) is 3.82. The fraction of sp³-hybridized carbons (Fsp3) is 0.400. The number of methoxy groups -OCH3 is 2.